The van der Waals surface area contributed by atoms with Gasteiger partial charge in [-0.1, -0.05) is 30.3 Å². The molecule has 0 spiro atoms. The monoisotopic (exact) mass is 404 g/mol. The van der Waals surface area contributed by atoms with Crippen molar-refractivity contribution in [3.8, 4) is 11.5 Å². The number of hydrogen-bond donors (Lipinski definition) is 0. The SMILES string of the molecule is Cc1cc(OC(C)CCCc2ccccc2)cc2c1C1=CC(=O)CCC1C(C)(C)O2. The molecule has 3 heteroatoms. The summed E-state index contributed by atoms with van der Waals surface area (Å²) in [5.41, 5.74) is 4.37. The number of rotatable bonds is 6. The Bertz CT molecular complexity index is 956. The van der Waals surface area contributed by atoms with Gasteiger partial charge in [0.15, 0.2) is 5.78 Å². The Morgan fingerprint density at radius 3 is 2.73 bits per heavy atom. The zero-order chi connectivity index (χ0) is 21.3. The van der Waals surface area contributed by atoms with Crippen LogP contribution >= 0.6 is 0 Å². The molecule has 3 nitrogen and oxygen atoms in total. The zero-order valence-electron chi connectivity index (χ0n) is 18.5. The fraction of sp³-hybridized carbons (Fsp3) is 0.444. The summed E-state index contributed by atoms with van der Waals surface area (Å²) in [6.07, 6.45) is 6.60. The van der Waals surface area contributed by atoms with Crippen LogP contribution in [0.5, 0.6) is 11.5 Å². The molecule has 0 bridgehead atoms. The molecular formula is C27H32O3. The van der Waals surface area contributed by atoms with Crippen LogP contribution in [0.1, 0.15) is 63.1 Å². The minimum atomic E-state index is -0.327. The molecule has 2 aliphatic rings. The normalized spacial score (nSPS) is 20.5. The third kappa shape index (κ3) is 4.30. The van der Waals surface area contributed by atoms with E-state index in [0.717, 1.165) is 53.9 Å². The van der Waals surface area contributed by atoms with Crippen molar-refractivity contribution in [2.75, 3.05) is 0 Å². The molecule has 0 radical (unpaired) electrons. The van der Waals surface area contributed by atoms with Gasteiger partial charge < -0.3 is 9.47 Å². The quantitative estimate of drug-likeness (QED) is 0.565. The first-order chi connectivity index (χ1) is 14.3. The second-order valence-corrected chi connectivity index (χ2v) is 9.28. The molecule has 0 saturated carbocycles. The van der Waals surface area contributed by atoms with Gasteiger partial charge in [0.1, 0.15) is 17.1 Å². The molecule has 2 atom stereocenters. The van der Waals surface area contributed by atoms with Crippen molar-refractivity contribution in [2.45, 2.75) is 71.5 Å². The number of carbonyl (C=O) groups excluding carboxylic acids is 1. The second kappa shape index (κ2) is 8.29. The first kappa shape index (κ1) is 20.7. The van der Waals surface area contributed by atoms with Gasteiger partial charge in [0.05, 0.1) is 6.10 Å². The minimum absolute atomic E-state index is 0.131. The van der Waals surface area contributed by atoms with Crippen LogP contribution in [-0.4, -0.2) is 17.5 Å². The van der Waals surface area contributed by atoms with Crippen molar-refractivity contribution in [3.05, 3.63) is 65.2 Å². The Labute approximate surface area is 180 Å². The number of ether oxygens (including phenoxy) is 2. The van der Waals surface area contributed by atoms with Gasteiger partial charge in [-0.15, -0.1) is 0 Å². The van der Waals surface area contributed by atoms with Crippen LogP contribution in [0, 0.1) is 12.8 Å². The highest BCUT2D eigenvalue weighted by Gasteiger charge is 2.42. The molecule has 0 N–H and O–H groups in total. The molecule has 2 aromatic carbocycles. The average Bonchev–Trinajstić information content (AvgIpc) is 2.67. The summed E-state index contributed by atoms with van der Waals surface area (Å²) in [4.78, 5) is 12.1. The molecule has 2 unspecified atom stereocenters. The van der Waals surface area contributed by atoms with Gasteiger partial charge in [-0.05, 0) is 82.2 Å². The lowest BCUT2D eigenvalue weighted by atomic mass is 9.71. The first-order valence-corrected chi connectivity index (χ1v) is 11.1. The average molecular weight is 405 g/mol. The molecule has 0 fully saturated rings. The van der Waals surface area contributed by atoms with E-state index in [1.807, 2.05) is 12.1 Å². The summed E-state index contributed by atoms with van der Waals surface area (Å²) >= 11 is 0. The molecule has 2 aromatic rings. The van der Waals surface area contributed by atoms with E-state index in [0.29, 0.717) is 6.42 Å². The van der Waals surface area contributed by atoms with E-state index in [-0.39, 0.29) is 23.4 Å². The van der Waals surface area contributed by atoms with Crippen LogP contribution in [0.4, 0.5) is 0 Å². The van der Waals surface area contributed by atoms with Gasteiger partial charge in [-0.25, -0.2) is 0 Å². The maximum Gasteiger partial charge on any atom is 0.156 e. The smallest absolute Gasteiger partial charge is 0.156 e. The summed E-state index contributed by atoms with van der Waals surface area (Å²) in [5, 5.41) is 0. The number of carbonyl (C=O) groups is 1. The van der Waals surface area contributed by atoms with Crippen LogP contribution < -0.4 is 9.47 Å². The van der Waals surface area contributed by atoms with E-state index in [2.05, 4.69) is 64.1 Å². The number of allylic oxidation sites excluding steroid dienone is 1. The number of fused-ring (bicyclic) bond motifs is 3. The van der Waals surface area contributed by atoms with Crippen LogP contribution in [0.2, 0.25) is 0 Å². The Morgan fingerprint density at radius 1 is 1.20 bits per heavy atom. The highest BCUT2D eigenvalue weighted by molar-refractivity contribution is 6.00. The summed E-state index contributed by atoms with van der Waals surface area (Å²) in [6.45, 7) is 8.46. The second-order valence-electron chi connectivity index (χ2n) is 9.28. The molecule has 1 aliphatic carbocycles. The molecule has 30 heavy (non-hydrogen) atoms. The first-order valence-electron chi connectivity index (χ1n) is 11.1. The van der Waals surface area contributed by atoms with E-state index in [4.69, 9.17) is 9.47 Å². The van der Waals surface area contributed by atoms with Crippen molar-refractivity contribution in [2.24, 2.45) is 5.92 Å². The van der Waals surface area contributed by atoms with Crippen molar-refractivity contribution in [1.82, 2.24) is 0 Å². The zero-order valence-corrected chi connectivity index (χ0v) is 18.5. The predicted octanol–water partition coefficient (Wildman–Crippen LogP) is 6.32. The van der Waals surface area contributed by atoms with Gasteiger partial charge in [-0.2, -0.15) is 0 Å². The topological polar surface area (TPSA) is 35.5 Å². The Balaban J connectivity index is 1.49. The number of aryl methyl sites for hydroxylation is 2. The van der Waals surface area contributed by atoms with E-state index in [1.165, 1.54) is 5.56 Å². The van der Waals surface area contributed by atoms with E-state index < -0.39 is 0 Å². The molecule has 4 rings (SSSR count). The van der Waals surface area contributed by atoms with Gasteiger partial charge in [0.25, 0.3) is 0 Å². The molecule has 158 valence electrons. The van der Waals surface area contributed by atoms with E-state index in [9.17, 15) is 4.79 Å². The maximum atomic E-state index is 12.1. The molecule has 0 aromatic heterocycles. The molecule has 1 heterocycles. The molecule has 1 aliphatic heterocycles. The maximum absolute atomic E-state index is 12.1. The lowest BCUT2D eigenvalue weighted by Gasteiger charge is -2.43. The molecule has 0 saturated heterocycles. The fourth-order valence-corrected chi connectivity index (χ4v) is 4.88. The lowest BCUT2D eigenvalue weighted by Crippen LogP contribution is -2.43. The van der Waals surface area contributed by atoms with Gasteiger partial charge in [-0.3, -0.25) is 4.79 Å². The highest BCUT2D eigenvalue weighted by Crippen LogP contribution is 2.50. The van der Waals surface area contributed by atoms with Crippen molar-refractivity contribution in [1.29, 1.82) is 0 Å². The third-order valence-corrected chi connectivity index (χ3v) is 6.40. The Morgan fingerprint density at radius 2 is 1.97 bits per heavy atom. The third-order valence-electron chi connectivity index (χ3n) is 6.40. The minimum Gasteiger partial charge on any atom is -0.491 e. The summed E-state index contributed by atoms with van der Waals surface area (Å²) in [7, 11) is 0. The van der Waals surface area contributed by atoms with Crippen LogP contribution in [-0.2, 0) is 11.2 Å². The molecular weight excluding hydrogens is 372 g/mol. The van der Waals surface area contributed by atoms with Crippen LogP contribution in [0.3, 0.4) is 0 Å². The highest BCUT2D eigenvalue weighted by atomic mass is 16.5. The standard InChI is InChI=1S/C27H32O3/c1-18-15-22(29-19(2)9-8-12-20-10-6-5-7-11-20)17-25-26(18)23-16-21(28)13-14-24(23)27(3,4)30-25/h5-7,10-11,15-17,19,24H,8-9,12-14H2,1-4H3. The summed E-state index contributed by atoms with van der Waals surface area (Å²) < 4.78 is 12.7. The van der Waals surface area contributed by atoms with Crippen molar-refractivity contribution in [3.63, 3.8) is 0 Å². The predicted molar refractivity (Wildman–Crippen MR) is 121 cm³/mol. The number of ketones is 1. The van der Waals surface area contributed by atoms with E-state index >= 15 is 0 Å². The Hall–Kier alpha value is -2.55. The Kier molecular flexibility index (Phi) is 5.73. The largest absolute Gasteiger partial charge is 0.491 e. The lowest BCUT2D eigenvalue weighted by molar-refractivity contribution is -0.115. The van der Waals surface area contributed by atoms with Gasteiger partial charge in [0.2, 0.25) is 0 Å². The molecule has 0 amide bonds. The van der Waals surface area contributed by atoms with Crippen LogP contribution in [0.15, 0.2) is 48.5 Å². The van der Waals surface area contributed by atoms with Gasteiger partial charge in [0, 0.05) is 24.0 Å². The number of hydrogen-bond acceptors (Lipinski definition) is 3. The van der Waals surface area contributed by atoms with Crippen LogP contribution in [0.25, 0.3) is 5.57 Å². The van der Waals surface area contributed by atoms with Crippen molar-refractivity contribution >= 4 is 11.4 Å². The van der Waals surface area contributed by atoms with Crippen molar-refractivity contribution < 1.29 is 14.3 Å². The fourth-order valence-electron chi connectivity index (χ4n) is 4.88. The summed E-state index contributed by atoms with van der Waals surface area (Å²) in [6, 6.07) is 14.7. The number of benzene rings is 2. The van der Waals surface area contributed by atoms with E-state index in [1.54, 1.807) is 0 Å². The summed E-state index contributed by atoms with van der Waals surface area (Å²) in [5.74, 6) is 2.15. The van der Waals surface area contributed by atoms with Gasteiger partial charge >= 0.3 is 0 Å².